The molecule has 0 saturated carbocycles. The van der Waals surface area contributed by atoms with E-state index in [1.54, 1.807) is 17.0 Å². The van der Waals surface area contributed by atoms with Gasteiger partial charge in [-0.3, -0.25) is 4.79 Å². The SMILES string of the molecule is CC(C)NC(=O)N1CCC(NC(=O)Cc2cccc(F)c2)CC1. The molecule has 0 unspecified atom stereocenters. The number of nitrogens with one attached hydrogen (secondary N) is 2. The van der Waals surface area contributed by atoms with Gasteiger partial charge in [0.25, 0.3) is 0 Å². The van der Waals surface area contributed by atoms with Gasteiger partial charge in [0.1, 0.15) is 5.82 Å². The predicted octanol–water partition coefficient (Wildman–Crippen LogP) is 2.07. The van der Waals surface area contributed by atoms with Gasteiger partial charge in [-0.05, 0) is 44.4 Å². The van der Waals surface area contributed by atoms with E-state index in [0.29, 0.717) is 18.7 Å². The van der Waals surface area contributed by atoms with Crippen LogP contribution in [0.1, 0.15) is 32.3 Å². The molecule has 0 radical (unpaired) electrons. The van der Waals surface area contributed by atoms with E-state index in [4.69, 9.17) is 0 Å². The number of halogens is 1. The van der Waals surface area contributed by atoms with Crippen LogP contribution in [0.5, 0.6) is 0 Å². The van der Waals surface area contributed by atoms with Crippen molar-refractivity contribution < 1.29 is 14.0 Å². The molecule has 1 saturated heterocycles. The molecule has 0 aromatic heterocycles. The molecule has 1 heterocycles. The number of nitrogens with zero attached hydrogens (tertiary/aromatic N) is 1. The molecule has 6 heteroatoms. The third-order valence-corrected chi connectivity index (χ3v) is 3.81. The van der Waals surface area contributed by atoms with Gasteiger partial charge in [-0.25, -0.2) is 9.18 Å². The first-order valence-electron chi connectivity index (χ1n) is 8.03. The van der Waals surface area contributed by atoms with E-state index < -0.39 is 0 Å². The summed E-state index contributed by atoms with van der Waals surface area (Å²) >= 11 is 0. The van der Waals surface area contributed by atoms with Crippen molar-refractivity contribution in [3.8, 4) is 0 Å². The van der Waals surface area contributed by atoms with Crippen molar-refractivity contribution in [2.75, 3.05) is 13.1 Å². The van der Waals surface area contributed by atoms with Gasteiger partial charge in [-0.1, -0.05) is 12.1 Å². The molecule has 0 atom stereocenters. The molecule has 1 aromatic carbocycles. The third-order valence-electron chi connectivity index (χ3n) is 3.81. The summed E-state index contributed by atoms with van der Waals surface area (Å²) in [5, 5.41) is 5.84. The summed E-state index contributed by atoms with van der Waals surface area (Å²) in [6.45, 7) is 5.11. The van der Waals surface area contributed by atoms with Crippen LogP contribution < -0.4 is 10.6 Å². The summed E-state index contributed by atoms with van der Waals surface area (Å²) in [7, 11) is 0. The molecule has 126 valence electrons. The van der Waals surface area contributed by atoms with Crippen LogP contribution in [0.4, 0.5) is 9.18 Å². The van der Waals surface area contributed by atoms with Crippen molar-refractivity contribution in [3.63, 3.8) is 0 Å². The lowest BCUT2D eigenvalue weighted by Crippen LogP contribution is -2.50. The van der Waals surface area contributed by atoms with Gasteiger partial charge in [-0.15, -0.1) is 0 Å². The summed E-state index contributed by atoms with van der Waals surface area (Å²) in [6, 6.07) is 6.21. The maximum atomic E-state index is 13.1. The number of carbonyl (C=O) groups excluding carboxylic acids is 2. The molecule has 2 rings (SSSR count). The van der Waals surface area contributed by atoms with Crippen LogP contribution in [0.2, 0.25) is 0 Å². The fourth-order valence-corrected chi connectivity index (χ4v) is 2.68. The van der Waals surface area contributed by atoms with E-state index in [1.807, 2.05) is 13.8 Å². The van der Waals surface area contributed by atoms with Crippen molar-refractivity contribution in [3.05, 3.63) is 35.6 Å². The summed E-state index contributed by atoms with van der Waals surface area (Å²) in [5.74, 6) is -0.444. The number of hydrogen-bond acceptors (Lipinski definition) is 2. The Morgan fingerprint density at radius 1 is 1.30 bits per heavy atom. The molecule has 1 aliphatic heterocycles. The minimum Gasteiger partial charge on any atom is -0.353 e. The van der Waals surface area contributed by atoms with Crippen LogP contribution in [0.3, 0.4) is 0 Å². The minimum absolute atomic E-state index is 0.0514. The lowest BCUT2D eigenvalue weighted by Gasteiger charge is -2.33. The van der Waals surface area contributed by atoms with Crippen LogP contribution >= 0.6 is 0 Å². The molecular formula is C17H24FN3O2. The maximum Gasteiger partial charge on any atom is 0.317 e. The van der Waals surface area contributed by atoms with Gasteiger partial charge in [-0.2, -0.15) is 0 Å². The average Bonchev–Trinajstić information content (AvgIpc) is 2.47. The Kier molecular flexibility index (Phi) is 5.96. The number of likely N-dealkylation sites (tertiary alicyclic amines) is 1. The van der Waals surface area contributed by atoms with Gasteiger partial charge >= 0.3 is 6.03 Å². The number of benzene rings is 1. The maximum absolute atomic E-state index is 13.1. The normalized spacial score (nSPS) is 15.6. The van der Waals surface area contributed by atoms with Crippen molar-refractivity contribution in [1.82, 2.24) is 15.5 Å². The second kappa shape index (κ2) is 7.94. The highest BCUT2D eigenvalue weighted by molar-refractivity contribution is 5.79. The predicted molar refractivity (Wildman–Crippen MR) is 86.5 cm³/mol. The number of hydrogen-bond donors (Lipinski definition) is 2. The van der Waals surface area contributed by atoms with E-state index in [0.717, 1.165) is 12.8 Å². The Hall–Kier alpha value is -2.11. The molecule has 0 aliphatic carbocycles. The van der Waals surface area contributed by atoms with E-state index in [1.165, 1.54) is 12.1 Å². The van der Waals surface area contributed by atoms with E-state index in [-0.39, 0.29) is 36.3 Å². The molecule has 2 N–H and O–H groups in total. The van der Waals surface area contributed by atoms with Crippen LogP contribution in [0.25, 0.3) is 0 Å². The van der Waals surface area contributed by atoms with Crippen LogP contribution in [-0.2, 0) is 11.2 Å². The number of urea groups is 1. The van der Waals surface area contributed by atoms with Gasteiger partial charge in [0.15, 0.2) is 0 Å². The van der Waals surface area contributed by atoms with Crippen molar-refractivity contribution >= 4 is 11.9 Å². The van der Waals surface area contributed by atoms with Gasteiger partial charge < -0.3 is 15.5 Å². The van der Waals surface area contributed by atoms with Crippen LogP contribution in [0, 0.1) is 5.82 Å². The minimum atomic E-state index is -0.334. The van der Waals surface area contributed by atoms with E-state index >= 15 is 0 Å². The van der Waals surface area contributed by atoms with Crippen LogP contribution in [0.15, 0.2) is 24.3 Å². The van der Waals surface area contributed by atoms with E-state index in [9.17, 15) is 14.0 Å². The number of rotatable bonds is 4. The van der Waals surface area contributed by atoms with E-state index in [2.05, 4.69) is 10.6 Å². The largest absolute Gasteiger partial charge is 0.353 e. The van der Waals surface area contributed by atoms with Gasteiger partial charge in [0.2, 0.25) is 5.91 Å². The van der Waals surface area contributed by atoms with Crippen molar-refractivity contribution in [2.45, 2.75) is 45.2 Å². The first-order valence-corrected chi connectivity index (χ1v) is 8.03. The van der Waals surface area contributed by atoms with Gasteiger partial charge in [0.05, 0.1) is 6.42 Å². The molecule has 0 bridgehead atoms. The smallest absolute Gasteiger partial charge is 0.317 e. The highest BCUT2D eigenvalue weighted by Crippen LogP contribution is 2.11. The summed E-state index contributed by atoms with van der Waals surface area (Å²) in [4.78, 5) is 25.7. The second-order valence-corrected chi connectivity index (χ2v) is 6.24. The lowest BCUT2D eigenvalue weighted by atomic mass is 10.0. The zero-order valence-corrected chi connectivity index (χ0v) is 13.6. The van der Waals surface area contributed by atoms with Gasteiger partial charge in [0, 0.05) is 25.2 Å². The van der Waals surface area contributed by atoms with Crippen molar-refractivity contribution in [2.24, 2.45) is 0 Å². The first kappa shape index (κ1) is 17.2. The fourth-order valence-electron chi connectivity index (χ4n) is 2.68. The standard InChI is InChI=1S/C17H24FN3O2/c1-12(2)19-17(23)21-8-6-15(7-9-21)20-16(22)11-13-4-3-5-14(18)10-13/h3-5,10,12,15H,6-9,11H2,1-2H3,(H,19,23)(H,20,22). The molecule has 23 heavy (non-hydrogen) atoms. The first-order chi connectivity index (χ1) is 10.9. The summed E-state index contributed by atoms with van der Waals surface area (Å²) < 4.78 is 13.1. The zero-order valence-electron chi connectivity index (χ0n) is 13.6. The highest BCUT2D eigenvalue weighted by Gasteiger charge is 2.24. The number of piperidine rings is 1. The molecule has 0 spiro atoms. The topological polar surface area (TPSA) is 61.4 Å². The molecule has 3 amide bonds. The quantitative estimate of drug-likeness (QED) is 0.892. The Morgan fingerprint density at radius 2 is 2.00 bits per heavy atom. The highest BCUT2D eigenvalue weighted by atomic mass is 19.1. The molecular weight excluding hydrogens is 297 g/mol. The number of amides is 3. The zero-order chi connectivity index (χ0) is 16.8. The molecule has 1 fully saturated rings. The number of carbonyl (C=O) groups is 2. The molecule has 1 aromatic rings. The van der Waals surface area contributed by atoms with Crippen LogP contribution in [-0.4, -0.2) is 42.0 Å². The Balaban J connectivity index is 1.75. The Morgan fingerprint density at radius 3 is 2.61 bits per heavy atom. The molecule has 5 nitrogen and oxygen atoms in total. The molecule has 1 aliphatic rings. The lowest BCUT2D eigenvalue weighted by molar-refractivity contribution is -0.121. The van der Waals surface area contributed by atoms with Crippen molar-refractivity contribution in [1.29, 1.82) is 0 Å². The summed E-state index contributed by atoms with van der Waals surface area (Å²) in [5.41, 5.74) is 0.663. The third kappa shape index (κ3) is 5.54. The fraction of sp³-hybridized carbons (Fsp3) is 0.529. The monoisotopic (exact) mass is 321 g/mol. The Bertz CT molecular complexity index is 555. The summed E-state index contributed by atoms with van der Waals surface area (Å²) in [6.07, 6.45) is 1.65. The Labute approximate surface area is 136 Å². The average molecular weight is 321 g/mol. The second-order valence-electron chi connectivity index (χ2n) is 6.24.